The molecule has 1 fully saturated rings. The van der Waals surface area contributed by atoms with E-state index in [1.807, 2.05) is 12.1 Å². The van der Waals surface area contributed by atoms with Crippen LogP contribution < -0.4 is 5.43 Å². The van der Waals surface area contributed by atoms with Crippen molar-refractivity contribution < 1.29 is 0 Å². The van der Waals surface area contributed by atoms with Crippen LogP contribution in [0.3, 0.4) is 0 Å². The molecule has 124 valence electrons. The van der Waals surface area contributed by atoms with E-state index in [9.17, 15) is 4.79 Å². The fraction of sp³-hybridized carbons (Fsp3) is 0.238. The fourth-order valence-electron chi connectivity index (χ4n) is 3.77. The molecule has 0 amide bonds. The zero-order chi connectivity index (χ0) is 16.8. The van der Waals surface area contributed by atoms with Crippen LogP contribution in [0.25, 0.3) is 21.8 Å². The lowest BCUT2D eigenvalue weighted by Gasteiger charge is -2.23. The SMILES string of the molecule is O=c1cc(Cc2ccc3ccccc3c2)[nH]c2n[nH]c(C3CCC3)c12. The first kappa shape index (κ1) is 14.5. The van der Waals surface area contributed by atoms with Crippen molar-refractivity contribution >= 4 is 21.8 Å². The molecule has 2 N–H and O–H groups in total. The van der Waals surface area contributed by atoms with Crippen molar-refractivity contribution in [1.82, 2.24) is 15.2 Å². The van der Waals surface area contributed by atoms with E-state index in [0.29, 0.717) is 18.0 Å². The quantitative estimate of drug-likeness (QED) is 0.590. The number of fused-ring (bicyclic) bond motifs is 2. The molecule has 25 heavy (non-hydrogen) atoms. The molecule has 0 spiro atoms. The first-order valence-corrected chi connectivity index (χ1v) is 8.86. The predicted octanol–water partition coefficient (Wildman–Crippen LogP) is 4.26. The summed E-state index contributed by atoms with van der Waals surface area (Å²) in [5.41, 5.74) is 3.85. The van der Waals surface area contributed by atoms with E-state index in [2.05, 4.69) is 45.5 Å². The zero-order valence-corrected chi connectivity index (χ0v) is 13.9. The highest BCUT2D eigenvalue weighted by Crippen LogP contribution is 2.37. The Morgan fingerprint density at radius 2 is 1.88 bits per heavy atom. The number of hydrogen-bond donors (Lipinski definition) is 2. The normalized spacial score (nSPS) is 14.9. The summed E-state index contributed by atoms with van der Waals surface area (Å²) in [7, 11) is 0. The second kappa shape index (κ2) is 5.59. The number of H-pyrrole nitrogens is 2. The Balaban J connectivity index is 1.53. The minimum Gasteiger partial charge on any atom is -0.341 e. The van der Waals surface area contributed by atoms with Gasteiger partial charge in [0.25, 0.3) is 0 Å². The fourth-order valence-corrected chi connectivity index (χ4v) is 3.77. The average molecular weight is 329 g/mol. The van der Waals surface area contributed by atoms with E-state index >= 15 is 0 Å². The minimum absolute atomic E-state index is 0.0696. The summed E-state index contributed by atoms with van der Waals surface area (Å²) >= 11 is 0. The van der Waals surface area contributed by atoms with Crippen LogP contribution in [0.15, 0.2) is 53.3 Å². The molecule has 0 atom stereocenters. The Hall–Kier alpha value is -2.88. The molecule has 4 heteroatoms. The maximum atomic E-state index is 12.6. The Labute approximate surface area is 144 Å². The predicted molar refractivity (Wildman–Crippen MR) is 100 cm³/mol. The Bertz CT molecular complexity index is 1130. The number of rotatable bonds is 3. The van der Waals surface area contributed by atoms with Crippen LogP contribution in [-0.2, 0) is 6.42 Å². The summed E-state index contributed by atoms with van der Waals surface area (Å²) in [5, 5.41) is 10.6. The van der Waals surface area contributed by atoms with Crippen LogP contribution in [0.4, 0.5) is 0 Å². The summed E-state index contributed by atoms with van der Waals surface area (Å²) in [4.78, 5) is 16.0. The van der Waals surface area contributed by atoms with Crippen LogP contribution in [0.2, 0.25) is 0 Å². The van der Waals surface area contributed by atoms with Crippen LogP contribution in [-0.4, -0.2) is 15.2 Å². The lowest BCUT2D eigenvalue weighted by atomic mass is 9.82. The zero-order valence-electron chi connectivity index (χ0n) is 13.9. The number of nitrogens with one attached hydrogen (secondary N) is 2. The van der Waals surface area contributed by atoms with Crippen molar-refractivity contribution in [1.29, 1.82) is 0 Å². The largest absolute Gasteiger partial charge is 0.341 e. The molecule has 0 radical (unpaired) electrons. The second-order valence-electron chi connectivity index (χ2n) is 7.01. The highest BCUT2D eigenvalue weighted by atomic mass is 16.1. The minimum atomic E-state index is 0.0696. The molecule has 1 aliphatic rings. The van der Waals surface area contributed by atoms with Crippen molar-refractivity contribution in [3.63, 3.8) is 0 Å². The second-order valence-corrected chi connectivity index (χ2v) is 7.01. The van der Waals surface area contributed by atoms with Gasteiger partial charge in [-0.25, -0.2) is 0 Å². The van der Waals surface area contributed by atoms with Gasteiger partial charge in [-0.2, -0.15) is 5.10 Å². The number of pyridine rings is 1. The van der Waals surface area contributed by atoms with E-state index in [-0.39, 0.29) is 5.43 Å². The lowest BCUT2D eigenvalue weighted by molar-refractivity contribution is 0.413. The average Bonchev–Trinajstić information content (AvgIpc) is 2.97. The van der Waals surface area contributed by atoms with E-state index in [0.717, 1.165) is 29.6 Å². The van der Waals surface area contributed by atoms with Gasteiger partial charge in [-0.15, -0.1) is 0 Å². The van der Waals surface area contributed by atoms with E-state index < -0.39 is 0 Å². The van der Waals surface area contributed by atoms with Crippen LogP contribution >= 0.6 is 0 Å². The highest BCUT2D eigenvalue weighted by molar-refractivity contribution is 5.83. The number of nitrogens with zero attached hydrogens (tertiary/aromatic N) is 1. The number of benzene rings is 2. The Kier molecular flexibility index (Phi) is 3.23. The molecule has 5 rings (SSSR count). The van der Waals surface area contributed by atoms with Gasteiger partial charge in [-0.1, -0.05) is 48.9 Å². The third-order valence-electron chi connectivity index (χ3n) is 5.35. The van der Waals surface area contributed by atoms with Crippen molar-refractivity contribution in [2.24, 2.45) is 0 Å². The van der Waals surface area contributed by atoms with Gasteiger partial charge in [0.2, 0.25) is 0 Å². The first-order valence-electron chi connectivity index (χ1n) is 8.86. The molecule has 2 aromatic heterocycles. The Morgan fingerprint density at radius 3 is 2.68 bits per heavy atom. The van der Waals surface area contributed by atoms with Crippen LogP contribution in [0.5, 0.6) is 0 Å². The third kappa shape index (κ3) is 2.45. The molecule has 0 bridgehead atoms. The third-order valence-corrected chi connectivity index (χ3v) is 5.35. The molecule has 0 saturated heterocycles. The summed E-state index contributed by atoms with van der Waals surface area (Å²) in [5.74, 6) is 0.470. The molecule has 0 aliphatic heterocycles. The maximum absolute atomic E-state index is 12.6. The van der Waals surface area contributed by atoms with Gasteiger partial charge >= 0.3 is 0 Å². The van der Waals surface area contributed by atoms with Crippen molar-refractivity contribution in [2.45, 2.75) is 31.6 Å². The lowest BCUT2D eigenvalue weighted by Crippen LogP contribution is -2.13. The summed E-state index contributed by atoms with van der Waals surface area (Å²) in [6, 6.07) is 16.5. The molecule has 2 heterocycles. The van der Waals surface area contributed by atoms with Crippen LogP contribution in [0.1, 0.15) is 42.1 Å². The number of aromatic nitrogens is 3. The molecule has 2 aromatic carbocycles. The highest BCUT2D eigenvalue weighted by Gasteiger charge is 2.25. The molecule has 1 aliphatic carbocycles. The smallest absolute Gasteiger partial charge is 0.193 e. The molecular weight excluding hydrogens is 310 g/mol. The molecular formula is C21H19N3O. The summed E-state index contributed by atoms with van der Waals surface area (Å²) < 4.78 is 0. The van der Waals surface area contributed by atoms with Gasteiger partial charge in [-0.05, 0) is 29.2 Å². The van der Waals surface area contributed by atoms with E-state index in [1.165, 1.54) is 22.8 Å². The van der Waals surface area contributed by atoms with Crippen LogP contribution in [0, 0.1) is 0 Å². The number of aromatic amines is 2. The number of hydrogen-bond acceptors (Lipinski definition) is 2. The molecule has 1 saturated carbocycles. The van der Waals surface area contributed by atoms with Gasteiger partial charge < -0.3 is 4.98 Å². The van der Waals surface area contributed by atoms with Crippen molar-refractivity contribution in [3.8, 4) is 0 Å². The van der Waals surface area contributed by atoms with Gasteiger partial charge in [0, 0.05) is 24.1 Å². The van der Waals surface area contributed by atoms with Crippen molar-refractivity contribution in [2.75, 3.05) is 0 Å². The monoisotopic (exact) mass is 329 g/mol. The van der Waals surface area contributed by atoms with Gasteiger partial charge in [-0.3, -0.25) is 9.89 Å². The maximum Gasteiger partial charge on any atom is 0.193 e. The van der Waals surface area contributed by atoms with Gasteiger partial charge in [0.05, 0.1) is 11.1 Å². The topological polar surface area (TPSA) is 61.5 Å². The molecule has 4 aromatic rings. The molecule has 4 nitrogen and oxygen atoms in total. The summed E-state index contributed by atoms with van der Waals surface area (Å²) in [6.45, 7) is 0. The van der Waals surface area contributed by atoms with Gasteiger partial charge in [0.15, 0.2) is 11.1 Å². The van der Waals surface area contributed by atoms with Gasteiger partial charge in [0.1, 0.15) is 0 Å². The first-order chi connectivity index (χ1) is 12.3. The summed E-state index contributed by atoms with van der Waals surface area (Å²) in [6.07, 6.45) is 4.23. The van der Waals surface area contributed by atoms with E-state index in [4.69, 9.17) is 0 Å². The molecule has 0 unspecified atom stereocenters. The standard InChI is InChI=1S/C21H19N3O/c25-18-12-17(11-13-8-9-14-4-1-2-5-16(14)10-13)22-21-19(18)20(23-24-21)15-6-3-7-15/h1-2,4-5,8-10,12,15H,3,6-7,11H2,(H2,22,23,24,25). The van der Waals surface area contributed by atoms with E-state index in [1.54, 1.807) is 6.07 Å². The van der Waals surface area contributed by atoms with Crippen molar-refractivity contribution in [3.05, 3.63) is 75.7 Å². The Morgan fingerprint density at radius 1 is 1.04 bits per heavy atom.